The van der Waals surface area contributed by atoms with Crippen molar-refractivity contribution in [3.8, 4) is 0 Å². The SMILES string of the molecule is CC1COCCN1C(=O)c1ccc(NC(=O)c2ccc(=O)[nH]n2)cc1. The van der Waals surface area contributed by atoms with Crippen molar-refractivity contribution in [1.29, 1.82) is 0 Å². The van der Waals surface area contributed by atoms with Crippen LogP contribution in [0, 0.1) is 0 Å². The van der Waals surface area contributed by atoms with E-state index in [1.807, 2.05) is 6.92 Å². The molecule has 0 aliphatic carbocycles. The highest BCUT2D eigenvalue weighted by atomic mass is 16.5. The maximum absolute atomic E-state index is 12.5. The van der Waals surface area contributed by atoms with E-state index in [1.165, 1.54) is 12.1 Å². The molecular weight excluding hydrogens is 324 g/mol. The van der Waals surface area contributed by atoms with Crippen LogP contribution in [0.25, 0.3) is 0 Å². The molecule has 8 nitrogen and oxygen atoms in total. The highest BCUT2D eigenvalue weighted by Crippen LogP contribution is 2.15. The number of hydrogen-bond donors (Lipinski definition) is 2. The van der Waals surface area contributed by atoms with Gasteiger partial charge >= 0.3 is 0 Å². The number of carbonyl (C=O) groups excluding carboxylic acids is 2. The molecule has 1 aliphatic rings. The average molecular weight is 342 g/mol. The van der Waals surface area contributed by atoms with Crippen LogP contribution in [0.5, 0.6) is 0 Å². The summed E-state index contributed by atoms with van der Waals surface area (Å²) in [6, 6.07) is 9.25. The zero-order valence-electron chi connectivity index (χ0n) is 13.7. The molecule has 25 heavy (non-hydrogen) atoms. The lowest BCUT2D eigenvalue weighted by Crippen LogP contribution is -2.47. The molecule has 8 heteroatoms. The van der Waals surface area contributed by atoms with Gasteiger partial charge in [-0.15, -0.1) is 0 Å². The number of ether oxygens (including phenoxy) is 1. The third kappa shape index (κ3) is 3.92. The second-order valence-corrected chi connectivity index (χ2v) is 5.76. The molecule has 2 aromatic rings. The van der Waals surface area contributed by atoms with Gasteiger partial charge in [-0.3, -0.25) is 14.4 Å². The van der Waals surface area contributed by atoms with E-state index in [2.05, 4.69) is 15.5 Å². The van der Waals surface area contributed by atoms with Crippen molar-refractivity contribution in [1.82, 2.24) is 15.1 Å². The fourth-order valence-corrected chi connectivity index (χ4v) is 2.56. The number of H-pyrrole nitrogens is 1. The summed E-state index contributed by atoms with van der Waals surface area (Å²) in [5, 5.41) is 8.54. The minimum absolute atomic E-state index is 0.0342. The van der Waals surface area contributed by atoms with Crippen LogP contribution in [-0.4, -0.2) is 52.7 Å². The molecule has 2 amide bonds. The molecule has 2 heterocycles. The molecule has 0 spiro atoms. The van der Waals surface area contributed by atoms with Crippen LogP contribution >= 0.6 is 0 Å². The monoisotopic (exact) mass is 342 g/mol. The highest BCUT2D eigenvalue weighted by molar-refractivity contribution is 6.03. The third-order valence-electron chi connectivity index (χ3n) is 3.93. The maximum atomic E-state index is 12.5. The zero-order valence-corrected chi connectivity index (χ0v) is 13.7. The number of carbonyl (C=O) groups is 2. The van der Waals surface area contributed by atoms with Gasteiger partial charge in [0, 0.05) is 23.9 Å². The van der Waals surface area contributed by atoms with E-state index in [0.29, 0.717) is 31.0 Å². The number of hydrogen-bond acceptors (Lipinski definition) is 5. The van der Waals surface area contributed by atoms with Gasteiger partial charge in [0.2, 0.25) is 0 Å². The smallest absolute Gasteiger partial charge is 0.276 e. The Kier molecular flexibility index (Phi) is 4.90. The summed E-state index contributed by atoms with van der Waals surface area (Å²) in [5.74, 6) is -0.506. The zero-order chi connectivity index (χ0) is 17.8. The lowest BCUT2D eigenvalue weighted by Gasteiger charge is -2.33. The summed E-state index contributed by atoms with van der Waals surface area (Å²) >= 11 is 0. The molecule has 3 rings (SSSR count). The lowest BCUT2D eigenvalue weighted by atomic mass is 10.1. The van der Waals surface area contributed by atoms with Gasteiger partial charge in [0.05, 0.1) is 19.3 Å². The minimum atomic E-state index is -0.447. The first-order chi connectivity index (χ1) is 12.0. The first-order valence-corrected chi connectivity index (χ1v) is 7.90. The summed E-state index contributed by atoms with van der Waals surface area (Å²) in [6.07, 6.45) is 0. The number of morpholine rings is 1. The van der Waals surface area contributed by atoms with Gasteiger partial charge in [-0.25, -0.2) is 5.10 Å². The van der Waals surface area contributed by atoms with Gasteiger partial charge in [-0.1, -0.05) is 0 Å². The molecule has 1 atom stereocenters. The Hall–Kier alpha value is -3.00. The van der Waals surface area contributed by atoms with E-state index in [4.69, 9.17) is 4.74 Å². The van der Waals surface area contributed by atoms with Crippen molar-refractivity contribution in [3.05, 3.63) is 58.0 Å². The molecule has 1 saturated heterocycles. The summed E-state index contributed by atoms with van der Waals surface area (Å²) in [6.45, 7) is 3.58. The first-order valence-electron chi connectivity index (χ1n) is 7.90. The summed E-state index contributed by atoms with van der Waals surface area (Å²) in [5.41, 5.74) is 0.803. The van der Waals surface area contributed by atoms with Gasteiger partial charge < -0.3 is 15.0 Å². The van der Waals surface area contributed by atoms with E-state index in [-0.39, 0.29) is 23.2 Å². The molecule has 1 aliphatic heterocycles. The topological polar surface area (TPSA) is 104 Å². The first kappa shape index (κ1) is 16.8. The Morgan fingerprint density at radius 2 is 2.00 bits per heavy atom. The Morgan fingerprint density at radius 1 is 1.24 bits per heavy atom. The van der Waals surface area contributed by atoms with Crippen LogP contribution in [0.3, 0.4) is 0 Å². The van der Waals surface area contributed by atoms with Crippen LogP contribution in [0.15, 0.2) is 41.2 Å². The van der Waals surface area contributed by atoms with Gasteiger partial charge in [0.25, 0.3) is 17.4 Å². The standard InChI is InChI=1S/C17H18N4O4/c1-11-10-25-9-8-21(11)17(24)12-2-4-13(5-3-12)18-16(23)14-6-7-15(22)20-19-14/h2-7,11H,8-10H2,1H3,(H,18,23)(H,20,22). The lowest BCUT2D eigenvalue weighted by molar-refractivity contribution is 0.00359. The maximum Gasteiger partial charge on any atom is 0.276 e. The van der Waals surface area contributed by atoms with Crippen molar-refractivity contribution >= 4 is 17.5 Å². The fourth-order valence-electron chi connectivity index (χ4n) is 2.56. The third-order valence-corrected chi connectivity index (χ3v) is 3.93. The van der Waals surface area contributed by atoms with Gasteiger partial charge in [0.1, 0.15) is 5.69 Å². The molecule has 0 saturated carbocycles. The van der Waals surface area contributed by atoms with E-state index in [0.717, 1.165) is 0 Å². The predicted octanol–water partition coefficient (Wildman–Crippen LogP) is 0.883. The number of aromatic nitrogens is 2. The molecule has 2 N–H and O–H groups in total. The highest BCUT2D eigenvalue weighted by Gasteiger charge is 2.24. The van der Waals surface area contributed by atoms with Crippen molar-refractivity contribution < 1.29 is 14.3 Å². The Balaban J connectivity index is 1.67. The number of anilines is 1. The Labute approximate surface area is 143 Å². The van der Waals surface area contributed by atoms with Crippen LogP contribution in [0.4, 0.5) is 5.69 Å². The number of aromatic amines is 1. The summed E-state index contributed by atoms with van der Waals surface area (Å²) < 4.78 is 5.34. The predicted molar refractivity (Wildman–Crippen MR) is 90.6 cm³/mol. The van der Waals surface area contributed by atoms with Crippen molar-refractivity contribution in [2.45, 2.75) is 13.0 Å². The molecule has 1 aromatic carbocycles. The Bertz CT molecular complexity index is 811. The van der Waals surface area contributed by atoms with Gasteiger partial charge in [-0.05, 0) is 37.3 Å². The number of nitrogens with one attached hydrogen (secondary N) is 2. The quantitative estimate of drug-likeness (QED) is 0.862. The summed E-state index contributed by atoms with van der Waals surface area (Å²) in [7, 11) is 0. The van der Waals surface area contributed by atoms with Crippen molar-refractivity contribution in [3.63, 3.8) is 0 Å². The molecular formula is C17H18N4O4. The second-order valence-electron chi connectivity index (χ2n) is 5.76. The normalized spacial score (nSPS) is 17.2. The van der Waals surface area contributed by atoms with E-state index in [1.54, 1.807) is 29.2 Å². The van der Waals surface area contributed by atoms with Crippen LogP contribution in [0.1, 0.15) is 27.8 Å². The van der Waals surface area contributed by atoms with Crippen molar-refractivity contribution in [2.24, 2.45) is 0 Å². The molecule has 0 bridgehead atoms. The van der Waals surface area contributed by atoms with E-state index < -0.39 is 5.91 Å². The number of nitrogens with zero attached hydrogens (tertiary/aromatic N) is 2. The molecule has 1 aromatic heterocycles. The molecule has 1 fully saturated rings. The van der Waals surface area contributed by atoms with Crippen molar-refractivity contribution in [2.75, 3.05) is 25.1 Å². The molecule has 1 unspecified atom stereocenters. The Morgan fingerprint density at radius 3 is 2.64 bits per heavy atom. The number of rotatable bonds is 3. The van der Waals surface area contributed by atoms with Gasteiger partial charge in [0.15, 0.2) is 0 Å². The molecule has 130 valence electrons. The van der Waals surface area contributed by atoms with Crippen LogP contribution in [-0.2, 0) is 4.74 Å². The summed E-state index contributed by atoms with van der Waals surface area (Å²) in [4.78, 5) is 37.3. The average Bonchev–Trinajstić information content (AvgIpc) is 2.63. The van der Waals surface area contributed by atoms with E-state index in [9.17, 15) is 14.4 Å². The van der Waals surface area contributed by atoms with Crippen LogP contribution < -0.4 is 10.9 Å². The number of amides is 2. The van der Waals surface area contributed by atoms with Gasteiger partial charge in [-0.2, -0.15) is 5.10 Å². The second kappa shape index (κ2) is 7.27. The number of benzene rings is 1. The van der Waals surface area contributed by atoms with Crippen LogP contribution in [0.2, 0.25) is 0 Å². The largest absolute Gasteiger partial charge is 0.377 e. The minimum Gasteiger partial charge on any atom is -0.377 e. The molecule has 0 radical (unpaired) electrons. The van der Waals surface area contributed by atoms with E-state index >= 15 is 0 Å². The fraction of sp³-hybridized carbons (Fsp3) is 0.294.